The lowest BCUT2D eigenvalue weighted by molar-refractivity contribution is -0.385. The normalized spacial score (nSPS) is 13.1. The highest BCUT2D eigenvalue weighted by Crippen LogP contribution is 2.31. The Morgan fingerprint density at radius 2 is 1.78 bits per heavy atom. The summed E-state index contributed by atoms with van der Waals surface area (Å²) in [5.41, 5.74) is -0.712. The van der Waals surface area contributed by atoms with Crippen LogP contribution in [0, 0.1) is 10.1 Å². The van der Waals surface area contributed by atoms with Gasteiger partial charge in [-0.1, -0.05) is 6.07 Å². The van der Waals surface area contributed by atoms with E-state index in [1.54, 1.807) is 0 Å². The molecule has 8 heteroatoms. The van der Waals surface area contributed by atoms with Crippen LogP contribution in [0.4, 0.5) is 5.69 Å². The highest BCUT2D eigenvalue weighted by Gasteiger charge is 2.38. The van der Waals surface area contributed by atoms with Crippen molar-refractivity contribution in [1.29, 1.82) is 0 Å². The number of hydrogen-bond donors (Lipinski definition) is 0. The molecule has 2 aromatic rings. The van der Waals surface area contributed by atoms with Crippen LogP contribution in [0.3, 0.4) is 0 Å². The van der Waals surface area contributed by atoms with Gasteiger partial charge in [-0.3, -0.25) is 19.7 Å². The maximum absolute atomic E-state index is 12.1. The van der Waals surface area contributed by atoms with Crippen molar-refractivity contribution in [3.63, 3.8) is 0 Å². The van der Waals surface area contributed by atoms with Gasteiger partial charge in [-0.2, -0.15) is 8.75 Å². The molecule has 0 bridgehead atoms. The van der Waals surface area contributed by atoms with Crippen molar-refractivity contribution in [2.75, 3.05) is 0 Å². The number of aromatic nitrogens is 2. The van der Waals surface area contributed by atoms with Crippen molar-refractivity contribution in [2.45, 2.75) is 0 Å². The van der Waals surface area contributed by atoms with E-state index in [0.29, 0.717) is 0 Å². The number of ketones is 2. The topological polar surface area (TPSA) is 103 Å². The maximum Gasteiger partial charge on any atom is 0.281 e. The van der Waals surface area contributed by atoms with E-state index in [2.05, 4.69) is 8.75 Å². The molecule has 3 rings (SSSR count). The average molecular weight is 261 g/mol. The van der Waals surface area contributed by atoms with Gasteiger partial charge < -0.3 is 0 Å². The third-order valence-corrected chi connectivity index (χ3v) is 3.16. The second-order valence-corrected chi connectivity index (χ2v) is 4.10. The van der Waals surface area contributed by atoms with E-state index in [0.717, 1.165) is 11.7 Å². The van der Waals surface area contributed by atoms with Crippen molar-refractivity contribution in [1.82, 2.24) is 8.75 Å². The molecule has 0 fully saturated rings. The molecule has 0 saturated carbocycles. The van der Waals surface area contributed by atoms with Crippen LogP contribution in [0.15, 0.2) is 18.2 Å². The van der Waals surface area contributed by atoms with Crippen LogP contribution in [0.2, 0.25) is 0 Å². The summed E-state index contributed by atoms with van der Waals surface area (Å²) in [6.45, 7) is 0. The fraction of sp³-hybridized carbons (Fsp3) is 0. The summed E-state index contributed by atoms with van der Waals surface area (Å²) in [4.78, 5) is 34.3. The zero-order valence-corrected chi connectivity index (χ0v) is 9.43. The van der Waals surface area contributed by atoms with Gasteiger partial charge in [-0.05, 0) is 6.07 Å². The highest BCUT2D eigenvalue weighted by molar-refractivity contribution is 6.99. The minimum Gasteiger partial charge on any atom is -0.287 e. The standard InChI is InChI=1S/C10H3N3O4S/c14-9-4-2-1-3-5(13(16)17)6(4)10(15)8-7(9)11-18-12-8/h1-3H. The zero-order chi connectivity index (χ0) is 12.9. The van der Waals surface area contributed by atoms with Gasteiger partial charge in [0.05, 0.1) is 16.7 Å². The molecule has 0 saturated heterocycles. The summed E-state index contributed by atoms with van der Waals surface area (Å²) in [5, 5.41) is 10.9. The molecule has 1 aromatic carbocycles. The molecule has 1 aromatic heterocycles. The molecular formula is C10H3N3O4S. The van der Waals surface area contributed by atoms with Crippen molar-refractivity contribution >= 4 is 29.0 Å². The first-order valence-corrected chi connectivity index (χ1v) is 5.53. The number of nitro benzene ring substituents is 1. The predicted octanol–water partition coefficient (Wildman–Crippen LogP) is 1.22. The summed E-state index contributed by atoms with van der Waals surface area (Å²) in [7, 11) is 0. The molecule has 0 spiro atoms. The second-order valence-electron chi connectivity index (χ2n) is 3.58. The summed E-state index contributed by atoms with van der Waals surface area (Å²) >= 11 is 0.736. The maximum atomic E-state index is 12.1. The van der Waals surface area contributed by atoms with E-state index in [-0.39, 0.29) is 28.2 Å². The minimum absolute atomic E-state index is 0.00870. The number of carbonyl (C=O) groups excluding carboxylic acids is 2. The van der Waals surface area contributed by atoms with E-state index < -0.39 is 16.5 Å². The Morgan fingerprint density at radius 1 is 1.11 bits per heavy atom. The lowest BCUT2D eigenvalue weighted by Crippen LogP contribution is -2.22. The number of nitrogens with zero attached hydrogens (tertiary/aromatic N) is 3. The molecule has 0 unspecified atom stereocenters. The second kappa shape index (κ2) is 3.50. The van der Waals surface area contributed by atoms with Gasteiger partial charge in [0.15, 0.2) is 11.4 Å². The molecule has 1 aliphatic carbocycles. The molecule has 0 radical (unpaired) electrons. The molecule has 0 amide bonds. The van der Waals surface area contributed by atoms with Crippen LogP contribution in [-0.4, -0.2) is 25.2 Å². The number of nitro groups is 1. The van der Waals surface area contributed by atoms with E-state index in [9.17, 15) is 19.7 Å². The molecule has 0 aliphatic heterocycles. The van der Waals surface area contributed by atoms with Crippen molar-refractivity contribution in [2.24, 2.45) is 0 Å². The van der Waals surface area contributed by atoms with E-state index in [4.69, 9.17) is 0 Å². The number of hydrogen-bond acceptors (Lipinski definition) is 7. The number of carbonyl (C=O) groups is 2. The Kier molecular flexibility index (Phi) is 2.08. The summed E-state index contributed by atoms with van der Waals surface area (Å²) in [6, 6.07) is 3.94. The van der Waals surface area contributed by atoms with Gasteiger partial charge in [0.2, 0.25) is 11.6 Å². The number of fused-ring (bicyclic) bond motifs is 2. The average Bonchev–Trinajstić information content (AvgIpc) is 2.84. The van der Waals surface area contributed by atoms with Gasteiger partial charge >= 0.3 is 0 Å². The van der Waals surface area contributed by atoms with Gasteiger partial charge in [0.25, 0.3) is 5.69 Å². The number of benzene rings is 1. The lowest BCUT2D eigenvalue weighted by atomic mass is 9.89. The fourth-order valence-electron chi connectivity index (χ4n) is 1.85. The minimum atomic E-state index is -0.686. The Labute approximate surface area is 104 Å². The van der Waals surface area contributed by atoms with Gasteiger partial charge in [0.1, 0.15) is 5.56 Å². The zero-order valence-electron chi connectivity index (χ0n) is 8.61. The molecule has 1 aliphatic rings. The third kappa shape index (κ3) is 1.23. The lowest BCUT2D eigenvalue weighted by Gasteiger charge is -2.11. The Balaban J connectivity index is 2.37. The van der Waals surface area contributed by atoms with Crippen molar-refractivity contribution in [3.8, 4) is 0 Å². The van der Waals surface area contributed by atoms with Crippen LogP contribution in [0.5, 0.6) is 0 Å². The quantitative estimate of drug-likeness (QED) is 0.482. The SMILES string of the molecule is O=C1c2cccc([N+](=O)[O-])c2C(=O)c2nsnc21. The van der Waals surface area contributed by atoms with Crippen LogP contribution in [0.1, 0.15) is 32.1 Å². The molecule has 1 heterocycles. The Hall–Kier alpha value is -2.48. The molecule has 0 atom stereocenters. The summed E-state index contributed by atoms with van der Waals surface area (Å²) in [6.07, 6.45) is 0. The van der Waals surface area contributed by atoms with E-state index >= 15 is 0 Å². The molecule has 88 valence electrons. The monoisotopic (exact) mass is 261 g/mol. The first kappa shape index (κ1) is 10.7. The molecular weight excluding hydrogens is 258 g/mol. The van der Waals surface area contributed by atoms with Crippen LogP contribution in [-0.2, 0) is 0 Å². The summed E-state index contributed by atoms with van der Waals surface area (Å²) in [5.74, 6) is -1.13. The summed E-state index contributed by atoms with van der Waals surface area (Å²) < 4.78 is 7.48. The van der Waals surface area contributed by atoms with Gasteiger partial charge in [0, 0.05) is 11.6 Å². The van der Waals surface area contributed by atoms with E-state index in [1.165, 1.54) is 18.2 Å². The van der Waals surface area contributed by atoms with Crippen molar-refractivity contribution < 1.29 is 14.5 Å². The van der Waals surface area contributed by atoms with Crippen LogP contribution in [0.25, 0.3) is 0 Å². The van der Waals surface area contributed by atoms with E-state index in [1.807, 2.05) is 0 Å². The first-order chi connectivity index (χ1) is 8.61. The fourth-order valence-corrected chi connectivity index (χ4v) is 2.40. The first-order valence-electron chi connectivity index (χ1n) is 4.80. The number of rotatable bonds is 1. The highest BCUT2D eigenvalue weighted by atomic mass is 32.1. The third-order valence-electron chi connectivity index (χ3n) is 2.63. The molecule has 0 N–H and O–H groups in total. The van der Waals surface area contributed by atoms with Gasteiger partial charge in [-0.25, -0.2) is 0 Å². The van der Waals surface area contributed by atoms with Gasteiger partial charge in [-0.15, -0.1) is 0 Å². The Bertz CT molecular complexity index is 722. The van der Waals surface area contributed by atoms with Crippen LogP contribution < -0.4 is 0 Å². The molecule has 18 heavy (non-hydrogen) atoms. The smallest absolute Gasteiger partial charge is 0.281 e. The predicted molar refractivity (Wildman–Crippen MR) is 59.9 cm³/mol. The van der Waals surface area contributed by atoms with Crippen LogP contribution >= 0.6 is 11.7 Å². The molecule has 7 nitrogen and oxygen atoms in total. The Morgan fingerprint density at radius 3 is 2.44 bits per heavy atom. The largest absolute Gasteiger partial charge is 0.287 e. The van der Waals surface area contributed by atoms with Crippen molar-refractivity contribution in [3.05, 3.63) is 50.8 Å².